The molecule has 0 atom stereocenters. The van der Waals surface area contributed by atoms with Gasteiger partial charge in [-0.05, 0) is 19.3 Å². The van der Waals surface area contributed by atoms with Crippen molar-refractivity contribution < 1.29 is 9.32 Å². The van der Waals surface area contributed by atoms with Crippen LogP contribution in [0.3, 0.4) is 0 Å². The van der Waals surface area contributed by atoms with Crippen molar-refractivity contribution >= 4 is 11.8 Å². The van der Waals surface area contributed by atoms with Crippen molar-refractivity contribution in [2.45, 2.75) is 26.2 Å². The van der Waals surface area contributed by atoms with E-state index < -0.39 is 0 Å². The number of aryl methyl sites for hydroxylation is 1. The van der Waals surface area contributed by atoms with Gasteiger partial charge in [0, 0.05) is 12.5 Å². The van der Waals surface area contributed by atoms with Crippen LogP contribution in [0.2, 0.25) is 0 Å². The lowest BCUT2D eigenvalue weighted by molar-refractivity contribution is -0.114. The zero-order valence-corrected chi connectivity index (χ0v) is 6.89. The number of nitrogens with one attached hydrogen (secondary N) is 1. The Labute approximate surface area is 69.9 Å². The molecule has 64 valence electrons. The molecule has 0 bridgehead atoms. The van der Waals surface area contributed by atoms with E-state index in [0.29, 0.717) is 5.88 Å². The summed E-state index contributed by atoms with van der Waals surface area (Å²) >= 11 is 0. The van der Waals surface area contributed by atoms with Gasteiger partial charge in [0.05, 0.1) is 5.69 Å². The van der Waals surface area contributed by atoms with Crippen molar-refractivity contribution in [3.05, 3.63) is 11.3 Å². The quantitative estimate of drug-likeness (QED) is 0.680. The summed E-state index contributed by atoms with van der Waals surface area (Å²) in [6.45, 7) is 1.46. The zero-order chi connectivity index (χ0) is 8.55. The van der Waals surface area contributed by atoms with Gasteiger partial charge in [-0.25, -0.2) is 0 Å². The Balaban J connectivity index is 2.27. The predicted molar refractivity (Wildman–Crippen MR) is 42.8 cm³/mol. The van der Waals surface area contributed by atoms with Gasteiger partial charge in [0.25, 0.3) is 0 Å². The fraction of sp³-hybridized carbons (Fsp3) is 0.500. The lowest BCUT2D eigenvalue weighted by atomic mass is 10.2. The highest BCUT2D eigenvalue weighted by molar-refractivity contribution is 5.88. The highest BCUT2D eigenvalue weighted by Gasteiger charge is 2.21. The number of hydrogen-bond acceptors (Lipinski definition) is 3. The van der Waals surface area contributed by atoms with Crippen LogP contribution in [0.15, 0.2) is 4.52 Å². The summed E-state index contributed by atoms with van der Waals surface area (Å²) in [6.07, 6.45) is 3.05. The maximum absolute atomic E-state index is 10.7. The van der Waals surface area contributed by atoms with E-state index >= 15 is 0 Å². The minimum atomic E-state index is -0.110. The van der Waals surface area contributed by atoms with Crippen molar-refractivity contribution in [2.75, 3.05) is 5.32 Å². The van der Waals surface area contributed by atoms with E-state index in [1.54, 1.807) is 0 Å². The Morgan fingerprint density at radius 2 is 2.42 bits per heavy atom. The van der Waals surface area contributed by atoms with Crippen LogP contribution in [-0.2, 0) is 17.6 Å². The lowest BCUT2D eigenvalue weighted by Crippen LogP contribution is -2.06. The molecule has 1 heterocycles. The third-order valence-electron chi connectivity index (χ3n) is 2.00. The molecule has 1 aromatic rings. The van der Waals surface area contributed by atoms with E-state index in [0.717, 1.165) is 30.5 Å². The first-order valence-electron chi connectivity index (χ1n) is 4.02. The van der Waals surface area contributed by atoms with Gasteiger partial charge >= 0.3 is 0 Å². The number of aromatic nitrogens is 1. The molecule has 1 N–H and O–H groups in total. The summed E-state index contributed by atoms with van der Waals surface area (Å²) in [4.78, 5) is 10.7. The van der Waals surface area contributed by atoms with Crippen LogP contribution in [0.5, 0.6) is 0 Å². The molecule has 0 spiro atoms. The van der Waals surface area contributed by atoms with Crippen LogP contribution in [0.25, 0.3) is 0 Å². The summed E-state index contributed by atoms with van der Waals surface area (Å²) in [5.74, 6) is 0.427. The first-order valence-corrected chi connectivity index (χ1v) is 4.02. The van der Waals surface area contributed by atoms with Gasteiger partial charge in [0.15, 0.2) is 0 Å². The number of hydrogen-bond donors (Lipinski definition) is 1. The van der Waals surface area contributed by atoms with Gasteiger partial charge < -0.3 is 4.52 Å². The second-order valence-corrected chi connectivity index (χ2v) is 2.97. The van der Waals surface area contributed by atoms with Crippen molar-refractivity contribution in [1.82, 2.24) is 5.16 Å². The first kappa shape index (κ1) is 7.34. The molecule has 0 aliphatic heterocycles. The van der Waals surface area contributed by atoms with Crippen molar-refractivity contribution in [2.24, 2.45) is 0 Å². The maximum atomic E-state index is 10.7. The number of amides is 1. The molecular formula is C8H10N2O2. The topological polar surface area (TPSA) is 55.1 Å². The van der Waals surface area contributed by atoms with E-state index in [9.17, 15) is 4.79 Å². The number of carbonyl (C=O) groups excluding carboxylic acids is 1. The maximum Gasteiger partial charge on any atom is 0.234 e. The van der Waals surface area contributed by atoms with Crippen LogP contribution >= 0.6 is 0 Å². The summed E-state index contributed by atoms with van der Waals surface area (Å²) in [5.41, 5.74) is 2.07. The molecule has 1 amide bonds. The van der Waals surface area contributed by atoms with Gasteiger partial charge in [0.1, 0.15) is 0 Å². The number of anilines is 1. The van der Waals surface area contributed by atoms with Gasteiger partial charge in [0.2, 0.25) is 11.8 Å². The van der Waals surface area contributed by atoms with Crippen molar-refractivity contribution in [3.63, 3.8) is 0 Å². The Morgan fingerprint density at radius 1 is 1.58 bits per heavy atom. The average Bonchev–Trinajstić information content (AvgIpc) is 2.52. The number of rotatable bonds is 1. The predicted octanol–water partition coefficient (Wildman–Crippen LogP) is 1.12. The second-order valence-electron chi connectivity index (χ2n) is 2.97. The SMILES string of the molecule is CC(=O)Nc1onc2c1CCC2. The minimum Gasteiger partial charge on any atom is -0.338 e. The normalized spacial score (nSPS) is 14.4. The zero-order valence-electron chi connectivity index (χ0n) is 6.89. The van der Waals surface area contributed by atoms with Crippen LogP contribution < -0.4 is 5.32 Å². The molecule has 1 aliphatic carbocycles. The molecule has 4 heteroatoms. The summed E-state index contributed by atoms with van der Waals surface area (Å²) < 4.78 is 4.97. The molecule has 2 rings (SSSR count). The molecule has 1 aliphatic rings. The van der Waals surface area contributed by atoms with Crippen LogP contribution in [0.1, 0.15) is 24.6 Å². The molecule has 0 saturated heterocycles. The largest absolute Gasteiger partial charge is 0.338 e. The molecule has 0 unspecified atom stereocenters. The van der Waals surface area contributed by atoms with Gasteiger partial charge in [-0.1, -0.05) is 5.16 Å². The van der Waals surface area contributed by atoms with Crippen LogP contribution in [0.4, 0.5) is 5.88 Å². The standard InChI is InChI=1S/C8H10N2O2/c1-5(11)9-8-6-3-2-4-7(6)10-12-8/h2-4H2,1H3,(H,9,11). The highest BCUT2D eigenvalue weighted by atomic mass is 16.5. The molecule has 0 radical (unpaired) electrons. The fourth-order valence-electron chi connectivity index (χ4n) is 1.49. The van der Waals surface area contributed by atoms with E-state index in [1.807, 2.05) is 0 Å². The van der Waals surface area contributed by atoms with Gasteiger partial charge in [-0.2, -0.15) is 0 Å². The summed E-state index contributed by atoms with van der Waals surface area (Å²) in [6, 6.07) is 0. The molecule has 1 aromatic heterocycles. The summed E-state index contributed by atoms with van der Waals surface area (Å²) in [7, 11) is 0. The van der Waals surface area contributed by atoms with E-state index in [-0.39, 0.29) is 5.91 Å². The first-order chi connectivity index (χ1) is 5.77. The molecule has 0 saturated carbocycles. The Morgan fingerprint density at radius 3 is 3.17 bits per heavy atom. The average molecular weight is 166 g/mol. The van der Waals surface area contributed by atoms with Gasteiger partial charge in [-0.15, -0.1) is 0 Å². The molecule has 0 aromatic carbocycles. The number of nitrogens with zero attached hydrogens (tertiary/aromatic N) is 1. The summed E-state index contributed by atoms with van der Waals surface area (Å²) in [5, 5.41) is 6.48. The highest BCUT2D eigenvalue weighted by Crippen LogP contribution is 2.27. The van der Waals surface area contributed by atoms with Crippen molar-refractivity contribution in [3.8, 4) is 0 Å². The Kier molecular flexibility index (Phi) is 1.60. The Bertz CT molecular complexity index is 317. The molecule has 0 fully saturated rings. The number of carbonyl (C=O) groups is 1. The van der Waals surface area contributed by atoms with E-state index in [2.05, 4.69) is 10.5 Å². The van der Waals surface area contributed by atoms with Crippen molar-refractivity contribution in [1.29, 1.82) is 0 Å². The smallest absolute Gasteiger partial charge is 0.234 e. The lowest BCUT2D eigenvalue weighted by Gasteiger charge is -1.96. The molecular weight excluding hydrogens is 156 g/mol. The Hall–Kier alpha value is -1.32. The monoisotopic (exact) mass is 166 g/mol. The number of fused-ring (bicyclic) bond motifs is 1. The van der Waals surface area contributed by atoms with Gasteiger partial charge in [-0.3, -0.25) is 10.1 Å². The molecule has 4 nitrogen and oxygen atoms in total. The van der Waals surface area contributed by atoms with Crippen LogP contribution in [-0.4, -0.2) is 11.1 Å². The second kappa shape index (κ2) is 2.62. The van der Waals surface area contributed by atoms with Crippen LogP contribution in [0, 0.1) is 0 Å². The van der Waals surface area contributed by atoms with E-state index in [1.165, 1.54) is 6.92 Å². The third-order valence-corrected chi connectivity index (χ3v) is 2.00. The minimum absolute atomic E-state index is 0.110. The third kappa shape index (κ3) is 1.09. The molecule has 12 heavy (non-hydrogen) atoms. The van der Waals surface area contributed by atoms with E-state index in [4.69, 9.17) is 4.52 Å². The fourth-order valence-corrected chi connectivity index (χ4v) is 1.49.